The van der Waals surface area contributed by atoms with Crippen LogP contribution in [0.4, 0.5) is 0 Å². The highest BCUT2D eigenvalue weighted by molar-refractivity contribution is 8.27. The first-order chi connectivity index (χ1) is 19.1. The number of amidine groups is 2. The summed E-state index contributed by atoms with van der Waals surface area (Å²) in [6, 6.07) is 23.5. The van der Waals surface area contributed by atoms with Crippen molar-refractivity contribution in [1.29, 1.82) is 5.41 Å². The van der Waals surface area contributed by atoms with E-state index in [2.05, 4.69) is 39.3 Å². The second-order valence-corrected chi connectivity index (χ2v) is 9.69. The summed E-state index contributed by atoms with van der Waals surface area (Å²) in [5.41, 5.74) is 2.70. The molecule has 1 N–H and O–H groups in total. The van der Waals surface area contributed by atoms with Crippen molar-refractivity contribution in [2.45, 2.75) is 13.5 Å². The number of nitrogens with zero attached hydrogens (tertiary/aromatic N) is 4. The standard InChI is InChI=1S/C30H23N5O3S/c1-2-37-26-16-19(12-13-25(26)38-18-22-9-5-8-20-7-3-4-11-23(20)22)15-24-27(31)35-30(33-28(24)36)39-29(34-35)21-10-6-14-32-17-21/h3-17,31H,2,18H2,1H3/b24-15-,31-27?. The number of pyridine rings is 1. The van der Waals surface area contributed by atoms with Crippen molar-refractivity contribution in [3.63, 3.8) is 0 Å². The Hall–Kier alpha value is -4.76. The number of rotatable bonds is 7. The van der Waals surface area contributed by atoms with E-state index in [9.17, 15) is 4.79 Å². The van der Waals surface area contributed by atoms with Gasteiger partial charge in [0.2, 0.25) is 5.17 Å². The molecule has 0 saturated heterocycles. The Morgan fingerprint density at radius 3 is 2.72 bits per heavy atom. The Morgan fingerprint density at radius 1 is 1.00 bits per heavy atom. The summed E-state index contributed by atoms with van der Waals surface area (Å²) in [4.78, 5) is 21.2. The maximum Gasteiger partial charge on any atom is 0.283 e. The number of hydrogen-bond acceptors (Lipinski definition) is 7. The van der Waals surface area contributed by atoms with Gasteiger partial charge in [0.1, 0.15) is 11.7 Å². The van der Waals surface area contributed by atoms with E-state index in [1.807, 2.05) is 49.4 Å². The average molecular weight is 534 g/mol. The molecule has 0 atom stereocenters. The van der Waals surface area contributed by atoms with Gasteiger partial charge in [-0.2, -0.15) is 15.1 Å². The van der Waals surface area contributed by atoms with Crippen molar-refractivity contribution in [1.82, 2.24) is 9.99 Å². The number of aliphatic imine (C=N–C) groups is 1. The molecule has 8 nitrogen and oxygen atoms in total. The van der Waals surface area contributed by atoms with Crippen LogP contribution >= 0.6 is 11.8 Å². The van der Waals surface area contributed by atoms with Gasteiger partial charge < -0.3 is 9.47 Å². The Balaban J connectivity index is 1.25. The maximum absolute atomic E-state index is 12.9. The third kappa shape index (κ3) is 4.92. The van der Waals surface area contributed by atoms with Crippen molar-refractivity contribution in [3.8, 4) is 11.5 Å². The summed E-state index contributed by atoms with van der Waals surface area (Å²) in [7, 11) is 0. The van der Waals surface area contributed by atoms with Crippen LogP contribution in [0.2, 0.25) is 0 Å². The molecule has 0 saturated carbocycles. The average Bonchev–Trinajstić information content (AvgIpc) is 3.40. The zero-order valence-electron chi connectivity index (χ0n) is 21.0. The molecule has 4 aromatic rings. The predicted molar refractivity (Wildman–Crippen MR) is 154 cm³/mol. The maximum atomic E-state index is 12.9. The van der Waals surface area contributed by atoms with E-state index in [1.165, 1.54) is 16.8 Å². The number of aromatic nitrogens is 1. The number of benzene rings is 3. The lowest BCUT2D eigenvalue weighted by Crippen LogP contribution is -2.35. The highest BCUT2D eigenvalue weighted by atomic mass is 32.2. The van der Waals surface area contributed by atoms with Gasteiger partial charge in [-0.15, -0.1) is 0 Å². The molecule has 0 bridgehead atoms. The molecule has 39 heavy (non-hydrogen) atoms. The van der Waals surface area contributed by atoms with Gasteiger partial charge >= 0.3 is 0 Å². The fourth-order valence-corrected chi connectivity index (χ4v) is 5.22. The molecule has 0 fully saturated rings. The fourth-order valence-electron chi connectivity index (χ4n) is 4.34. The summed E-state index contributed by atoms with van der Waals surface area (Å²) >= 11 is 1.24. The molecule has 0 spiro atoms. The summed E-state index contributed by atoms with van der Waals surface area (Å²) in [5.74, 6) is 0.625. The summed E-state index contributed by atoms with van der Waals surface area (Å²) in [6.07, 6.45) is 4.99. The van der Waals surface area contributed by atoms with Crippen molar-refractivity contribution < 1.29 is 14.3 Å². The lowest BCUT2D eigenvalue weighted by molar-refractivity contribution is -0.114. The third-order valence-corrected chi connectivity index (χ3v) is 7.16. The number of hydrazone groups is 1. The number of hydrogen-bond donors (Lipinski definition) is 1. The fraction of sp³-hybridized carbons (Fsp3) is 0.100. The van der Waals surface area contributed by atoms with Crippen LogP contribution in [0.15, 0.2) is 101 Å². The van der Waals surface area contributed by atoms with Gasteiger partial charge in [-0.1, -0.05) is 48.5 Å². The smallest absolute Gasteiger partial charge is 0.283 e. The highest BCUT2D eigenvalue weighted by Gasteiger charge is 2.36. The summed E-state index contributed by atoms with van der Waals surface area (Å²) in [5, 5.41) is 17.8. The van der Waals surface area contributed by atoms with E-state index >= 15 is 0 Å². The number of fused-ring (bicyclic) bond motifs is 2. The predicted octanol–water partition coefficient (Wildman–Crippen LogP) is 5.88. The molecule has 0 unspecified atom stereocenters. The van der Waals surface area contributed by atoms with E-state index in [0.717, 1.165) is 21.9 Å². The van der Waals surface area contributed by atoms with Crippen molar-refractivity contribution in [2.75, 3.05) is 6.61 Å². The monoisotopic (exact) mass is 533 g/mol. The second kappa shape index (κ2) is 10.5. The van der Waals surface area contributed by atoms with E-state index in [1.54, 1.807) is 24.5 Å². The zero-order chi connectivity index (χ0) is 26.8. The van der Waals surface area contributed by atoms with Crippen molar-refractivity contribution in [2.24, 2.45) is 10.1 Å². The van der Waals surface area contributed by atoms with E-state index < -0.39 is 5.91 Å². The number of carbonyl (C=O) groups excluding carboxylic acids is 1. The molecule has 2 aliphatic heterocycles. The molecule has 9 heteroatoms. The van der Waals surface area contributed by atoms with Crippen LogP contribution in [0.3, 0.4) is 0 Å². The van der Waals surface area contributed by atoms with Gasteiger partial charge in [0, 0.05) is 18.0 Å². The van der Waals surface area contributed by atoms with E-state index in [-0.39, 0.29) is 11.4 Å². The Bertz CT molecular complexity index is 1690. The molecule has 3 aromatic carbocycles. The van der Waals surface area contributed by atoms with Gasteiger partial charge in [-0.25, -0.2) is 0 Å². The zero-order valence-corrected chi connectivity index (χ0v) is 21.8. The molecule has 192 valence electrons. The van der Waals surface area contributed by atoms with Crippen LogP contribution in [0.25, 0.3) is 16.8 Å². The Labute approximate surface area is 229 Å². The van der Waals surface area contributed by atoms with Crippen LogP contribution in [0.1, 0.15) is 23.6 Å². The minimum atomic E-state index is -0.490. The first-order valence-corrected chi connectivity index (χ1v) is 13.2. The van der Waals surface area contributed by atoms with Crippen LogP contribution in [0.5, 0.6) is 11.5 Å². The minimum absolute atomic E-state index is 0.0365. The Kier molecular flexibility index (Phi) is 6.64. The van der Waals surface area contributed by atoms with Gasteiger partial charge in [-0.05, 0) is 70.9 Å². The largest absolute Gasteiger partial charge is 0.490 e. The van der Waals surface area contributed by atoms with Crippen LogP contribution in [0, 0.1) is 5.41 Å². The Morgan fingerprint density at radius 2 is 1.87 bits per heavy atom. The quantitative estimate of drug-likeness (QED) is 0.298. The van der Waals surface area contributed by atoms with Gasteiger partial charge in [-0.3, -0.25) is 15.2 Å². The highest BCUT2D eigenvalue weighted by Crippen LogP contribution is 2.33. The molecular weight excluding hydrogens is 510 g/mol. The molecule has 2 aliphatic rings. The lowest BCUT2D eigenvalue weighted by Gasteiger charge is -2.20. The minimum Gasteiger partial charge on any atom is -0.490 e. The number of amides is 1. The number of nitrogens with one attached hydrogen (secondary N) is 1. The van der Waals surface area contributed by atoms with Gasteiger partial charge in [0.25, 0.3) is 5.91 Å². The molecule has 0 aliphatic carbocycles. The topological polar surface area (TPSA) is 100 Å². The summed E-state index contributed by atoms with van der Waals surface area (Å²) in [6.45, 7) is 2.73. The van der Waals surface area contributed by atoms with Crippen LogP contribution in [-0.4, -0.2) is 38.6 Å². The lowest BCUT2D eigenvalue weighted by atomic mass is 10.1. The molecule has 1 aromatic heterocycles. The van der Waals surface area contributed by atoms with Crippen LogP contribution < -0.4 is 9.47 Å². The number of carbonyl (C=O) groups is 1. The SMILES string of the molecule is CCOc1cc(/C=C2/C(=N)N3N=C(c4cccnc4)SC3=NC2=O)ccc1OCc1cccc2ccccc12. The van der Waals surface area contributed by atoms with Gasteiger partial charge in [0.15, 0.2) is 17.3 Å². The summed E-state index contributed by atoms with van der Waals surface area (Å²) < 4.78 is 12.0. The first-order valence-electron chi connectivity index (χ1n) is 12.4. The molecule has 6 rings (SSSR count). The normalized spacial score (nSPS) is 15.8. The van der Waals surface area contributed by atoms with Crippen molar-refractivity contribution >= 4 is 50.6 Å². The number of ether oxygens (including phenoxy) is 2. The van der Waals surface area contributed by atoms with E-state index in [4.69, 9.17) is 14.9 Å². The molecular formula is C30H23N5O3S. The van der Waals surface area contributed by atoms with Gasteiger partial charge in [0.05, 0.1) is 12.2 Å². The molecule has 1 amide bonds. The third-order valence-electron chi connectivity index (χ3n) is 6.20. The molecule has 3 heterocycles. The first kappa shape index (κ1) is 24.6. The van der Waals surface area contributed by atoms with E-state index in [0.29, 0.717) is 40.5 Å². The number of thioether (sulfide) groups is 1. The van der Waals surface area contributed by atoms with Crippen LogP contribution in [-0.2, 0) is 11.4 Å². The second-order valence-electron chi connectivity index (χ2n) is 8.73. The van der Waals surface area contributed by atoms with Crippen molar-refractivity contribution in [3.05, 3.63) is 107 Å². The molecule has 0 radical (unpaired) electrons.